The lowest BCUT2D eigenvalue weighted by molar-refractivity contribution is -0.112. The minimum Gasteiger partial charge on any atom is -0.464 e. The molecule has 0 spiro atoms. The van der Waals surface area contributed by atoms with Crippen LogP contribution >= 0.6 is 0 Å². The second kappa shape index (κ2) is 3.47. The number of aliphatic hydroxyl groups is 1. The fraction of sp³-hybridized carbons (Fsp3) is 0.333. The van der Waals surface area contributed by atoms with Crippen molar-refractivity contribution in [3.05, 3.63) is 42.0 Å². The molecule has 1 atom stereocenters. The van der Waals surface area contributed by atoms with Crippen molar-refractivity contribution in [2.75, 3.05) is 0 Å². The Labute approximate surface area is 101 Å². The highest BCUT2D eigenvalue weighted by molar-refractivity contribution is 5.85. The number of fused-ring (bicyclic) bond motifs is 2. The van der Waals surface area contributed by atoms with Crippen molar-refractivity contribution in [2.24, 2.45) is 5.41 Å². The van der Waals surface area contributed by atoms with Crippen LogP contribution in [0.2, 0.25) is 0 Å². The summed E-state index contributed by atoms with van der Waals surface area (Å²) in [5.41, 5.74) is 0.953. The van der Waals surface area contributed by atoms with Gasteiger partial charge in [-0.1, -0.05) is 38.1 Å². The summed E-state index contributed by atoms with van der Waals surface area (Å²) in [5, 5.41) is 12.3. The monoisotopic (exact) mass is 228 g/mol. The van der Waals surface area contributed by atoms with Gasteiger partial charge in [0.15, 0.2) is 0 Å². The van der Waals surface area contributed by atoms with Crippen LogP contribution in [0, 0.1) is 5.41 Å². The summed E-state index contributed by atoms with van der Waals surface area (Å²) < 4.78 is 5.61. The van der Waals surface area contributed by atoms with Gasteiger partial charge in [-0.25, -0.2) is 0 Å². The van der Waals surface area contributed by atoms with Gasteiger partial charge >= 0.3 is 0 Å². The topological polar surface area (TPSA) is 29.5 Å². The van der Waals surface area contributed by atoms with E-state index in [4.69, 9.17) is 4.74 Å². The number of rotatable bonds is 0. The smallest absolute Gasteiger partial charge is 0.202 e. The quantitative estimate of drug-likeness (QED) is 0.750. The molecule has 2 aromatic carbocycles. The summed E-state index contributed by atoms with van der Waals surface area (Å²) in [6, 6.07) is 12.4. The van der Waals surface area contributed by atoms with Crippen LogP contribution in [0.25, 0.3) is 10.8 Å². The van der Waals surface area contributed by atoms with Crippen LogP contribution in [0.3, 0.4) is 0 Å². The van der Waals surface area contributed by atoms with Crippen molar-refractivity contribution in [1.29, 1.82) is 0 Å². The Kier molecular flexibility index (Phi) is 2.17. The van der Waals surface area contributed by atoms with Crippen LogP contribution < -0.4 is 4.74 Å². The molecule has 2 aromatic rings. The highest BCUT2D eigenvalue weighted by Crippen LogP contribution is 2.39. The van der Waals surface area contributed by atoms with E-state index in [-0.39, 0.29) is 5.41 Å². The van der Waals surface area contributed by atoms with Gasteiger partial charge in [0.25, 0.3) is 0 Å². The molecular formula is C15H16O2. The lowest BCUT2D eigenvalue weighted by Crippen LogP contribution is -2.39. The molecule has 0 amide bonds. The lowest BCUT2D eigenvalue weighted by atomic mass is 9.82. The van der Waals surface area contributed by atoms with Crippen molar-refractivity contribution < 1.29 is 9.84 Å². The Morgan fingerprint density at radius 2 is 1.82 bits per heavy atom. The molecule has 1 heterocycles. The van der Waals surface area contributed by atoms with E-state index in [2.05, 4.69) is 18.2 Å². The van der Waals surface area contributed by atoms with E-state index >= 15 is 0 Å². The molecule has 17 heavy (non-hydrogen) atoms. The Hall–Kier alpha value is -1.54. The van der Waals surface area contributed by atoms with Crippen LogP contribution in [0.4, 0.5) is 0 Å². The fourth-order valence-electron chi connectivity index (χ4n) is 2.37. The van der Waals surface area contributed by atoms with Crippen molar-refractivity contribution >= 4 is 10.8 Å². The molecule has 0 saturated heterocycles. The predicted octanol–water partition coefficient (Wildman–Crippen LogP) is 3.12. The third kappa shape index (κ3) is 1.69. The number of benzene rings is 2. The number of aliphatic hydroxyl groups excluding tert-OH is 1. The molecule has 2 nitrogen and oxygen atoms in total. The molecule has 88 valence electrons. The average Bonchev–Trinajstić information content (AvgIpc) is 2.28. The third-order valence-corrected chi connectivity index (χ3v) is 3.48. The first-order valence-corrected chi connectivity index (χ1v) is 5.93. The first-order valence-electron chi connectivity index (χ1n) is 5.93. The molecule has 0 aromatic heterocycles. The molecule has 0 aliphatic carbocycles. The largest absolute Gasteiger partial charge is 0.464 e. The summed E-state index contributed by atoms with van der Waals surface area (Å²) in [6.45, 7) is 4.05. The Morgan fingerprint density at radius 1 is 1.18 bits per heavy atom. The maximum Gasteiger partial charge on any atom is 0.202 e. The summed E-state index contributed by atoms with van der Waals surface area (Å²) >= 11 is 0. The molecular weight excluding hydrogens is 212 g/mol. The maximum atomic E-state index is 9.93. The molecule has 3 rings (SSSR count). The molecule has 0 radical (unpaired) electrons. The van der Waals surface area contributed by atoms with Gasteiger partial charge in [-0.15, -0.1) is 0 Å². The van der Waals surface area contributed by atoms with E-state index < -0.39 is 6.29 Å². The van der Waals surface area contributed by atoms with Gasteiger partial charge in [0.05, 0.1) is 0 Å². The lowest BCUT2D eigenvalue weighted by Gasteiger charge is -2.36. The van der Waals surface area contributed by atoms with Crippen molar-refractivity contribution in [3.63, 3.8) is 0 Å². The standard InChI is InChI=1S/C15H16O2/c1-15(2)9-12-7-10-5-3-4-6-11(10)8-13(12)17-14(15)16/h3-8,14,16H,9H2,1-2H3. The van der Waals surface area contributed by atoms with Gasteiger partial charge in [0.2, 0.25) is 6.29 Å². The fourth-order valence-corrected chi connectivity index (χ4v) is 2.37. The van der Waals surface area contributed by atoms with Gasteiger partial charge in [-0.05, 0) is 34.9 Å². The molecule has 0 fully saturated rings. The summed E-state index contributed by atoms with van der Waals surface area (Å²) in [5.74, 6) is 0.815. The van der Waals surface area contributed by atoms with E-state index in [0.29, 0.717) is 0 Å². The van der Waals surface area contributed by atoms with Crippen LogP contribution in [-0.4, -0.2) is 11.4 Å². The van der Waals surface area contributed by atoms with Gasteiger partial charge < -0.3 is 9.84 Å². The second-order valence-corrected chi connectivity index (χ2v) is 5.44. The maximum absolute atomic E-state index is 9.93. The Balaban J connectivity index is 2.17. The zero-order valence-corrected chi connectivity index (χ0v) is 10.1. The molecule has 1 aliphatic heterocycles. The number of hydrogen-bond donors (Lipinski definition) is 1. The van der Waals surface area contributed by atoms with Crippen LogP contribution in [-0.2, 0) is 6.42 Å². The van der Waals surface area contributed by atoms with Gasteiger partial charge in [0, 0.05) is 5.41 Å². The van der Waals surface area contributed by atoms with E-state index in [1.165, 1.54) is 10.9 Å². The van der Waals surface area contributed by atoms with Crippen molar-refractivity contribution in [2.45, 2.75) is 26.6 Å². The highest BCUT2D eigenvalue weighted by Gasteiger charge is 2.35. The minimum absolute atomic E-state index is 0.227. The first kappa shape index (κ1) is 10.6. The molecule has 2 heteroatoms. The second-order valence-electron chi connectivity index (χ2n) is 5.44. The van der Waals surface area contributed by atoms with Gasteiger partial charge in [0.1, 0.15) is 5.75 Å². The normalized spacial score (nSPS) is 21.9. The first-order chi connectivity index (χ1) is 8.06. The van der Waals surface area contributed by atoms with Crippen molar-refractivity contribution in [3.8, 4) is 5.75 Å². The zero-order valence-electron chi connectivity index (χ0n) is 10.1. The van der Waals surface area contributed by atoms with E-state index in [1.807, 2.05) is 32.0 Å². The van der Waals surface area contributed by atoms with E-state index in [9.17, 15) is 5.11 Å². The van der Waals surface area contributed by atoms with E-state index in [1.54, 1.807) is 0 Å². The predicted molar refractivity (Wildman–Crippen MR) is 68.1 cm³/mol. The van der Waals surface area contributed by atoms with Gasteiger partial charge in [-0.2, -0.15) is 0 Å². The van der Waals surface area contributed by atoms with Crippen LogP contribution in [0.15, 0.2) is 36.4 Å². The Morgan fingerprint density at radius 3 is 2.53 bits per heavy atom. The number of hydrogen-bond acceptors (Lipinski definition) is 2. The average molecular weight is 228 g/mol. The third-order valence-electron chi connectivity index (χ3n) is 3.48. The zero-order chi connectivity index (χ0) is 12.0. The number of ether oxygens (including phenoxy) is 1. The van der Waals surface area contributed by atoms with Crippen LogP contribution in [0.5, 0.6) is 5.75 Å². The summed E-state index contributed by atoms with van der Waals surface area (Å²) in [4.78, 5) is 0. The SMILES string of the molecule is CC1(C)Cc2cc3ccccc3cc2OC1O. The summed E-state index contributed by atoms with van der Waals surface area (Å²) in [7, 11) is 0. The molecule has 1 aliphatic rings. The van der Waals surface area contributed by atoms with Gasteiger partial charge in [-0.3, -0.25) is 0 Å². The van der Waals surface area contributed by atoms with E-state index in [0.717, 1.165) is 17.6 Å². The molecule has 1 N–H and O–H groups in total. The summed E-state index contributed by atoms with van der Waals surface area (Å²) in [6.07, 6.45) is 0.116. The molecule has 0 saturated carbocycles. The molecule has 0 bridgehead atoms. The van der Waals surface area contributed by atoms with Crippen molar-refractivity contribution in [1.82, 2.24) is 0 Å². The minimum atomic E-state index is -0.726. The Bertz CT molecular complexity index is 572. The molecule has 1 unspecified atom stereocenters. The highest BCUT2D eigenvalue weighted by atomic mass is 16.6. The van der Waals surface area contributed by atoms with Crippen LogP contribution in [0.1, 0.15) is 19.4 Å².